The first kappa shape index (κ1) is 8.05. The van der Waals surface area contributed by atoms with Gasteiger partial charge in [0.2, 0.25) is 0 Å². The van der Waals surface area contributed by atoms with E-state index in [1.807, 2.05) is 30.1 Å². The zero-order valence-electron chi connectivity index (χ0n) is 7.00. The Kier molecular flexibility index (Phi) is 2.47. The van der Waals surface area contributed by atoms with Crippen LogP contribution >= 0.6 is 0 Å². The number of ketones is 1. The summed E-state index contributed by atoms with van der Waals surface area (Å²) in [4.78, 5) is 10.6. The Labute approximate surface area is 66.8 Å². The SMILES string of the molecule is CC(=O)CCc1ccn(C)c1. The minimum atomic E-state index is 0.258. The molecule has 60 valence electrons. The average Bonchev–Trinajstić information content (AvgIpc) is 2.31. The lowest BCUT2D eigenvalue weighted by Gasteiger charge is -1.92. The molecule has 2 nitrogen and oxygen atoms in total. The molecule has 0 aliphatic heterocycles. The highest BCUT2D eigenvalue weighted by Crippen LogP contribution is 2.02. The molecule has 1 rings (SSSR count). The third-order valence-electron chi connectivity index (χ3n) is 1.66. The number of Topliss-reactive ketones (excluding diaryl/α,β-unsaturated/α-hetero) is 1. The second-order valence-corrected chi connectivity index (χ2v) is 2.89. The van der Waals surface area contributed by atoms with Gasteiger partial charge in [0.1, 0.15) is 5.78 Å². The van der Waals surface area contributed by atoms with Gasteiger partial charge in [-0.05, 0) is 25.0 Å². The lowest BCUT2D eigenvalue weighted by molar-refractivity contribution is -0.116. The molecule has 0 saturated heterocycles. The van der Waals surface area contributed by atoms with Crippen LogP contribution in [0.25, 0.3) is 0 Å². The monoisotopic (exact) mass is 151 g/mol. The Morgan fingerprint density at radius 2 is 2.36 bits per heavy atom. The van der Waals surface area contributed by atoms with Crippen molar-refractivity contribution in [3.05, 3.63) is 24.0 Å². The van der Waals surface area contributed by atoms with E-state index in [-0.39, 0.29) is 5.78 Å². The molecule has 0 saturated carbocycles. The molecule has 1 aromatic rings. The Morgan fingerprint density at radius 1 is 1.64 bits per heavy atom. The van der Waals surface area contributed by atoms with Gasteiger partial charge < -0.3 is 9.36 Å². The first-order chi connectivity index (χ1) is 5.18. The molecule has 0 N–H and O–H groups in total. The fourth-order valence-electron chi connectivity index (χ4n) is 1.03. The van der Waals surface area contributed by atoms with Gasteiger partial charge in [0.15, 0.2) is 0 Å². The predicted molar refractivity (Wildman–Crippen MR) is 44.4 cm³/mol. The van der Waals surface area contributed by atoms with Crippen molar-refractivity contribution in [2.45, 2.75) is 19.8 Å². The number of aryl methyl sites for hydroxylation is 2. The highest BCUT2D eigenvalue weighted by atomic mass is 16.1. The molecule has 0 atom stereocenters. The smallest absolute Gasteiger partial charge is 0.130 e. The van der Waals surface area contributed by atoms with Crippen LogP contribution in [0.5, 0.6) is 0 Å². The number of carbonyl (C=O) groups excluding carboxylic acids is 1. The highest BCUT2D eigenvalue weighted by molar-refractivity contribution is 5.75. The summed E-state index contributed by atoms with van der Waals surface area (Å²) >= 11 is 0. The van der Waals surface area contributed by atoms with Crippen molar-refractivity contribution in [1.29, 1.82) is 0 Å². The molecule has 11 heavy (non-hydrogen) atoms. The van der Waals surface area contributed by atoms with Gasteiger partial charge in [-0.2, -0.15) is 0 Å². The summed E-state index contributed by atoms with van der Waals surface area (Å²) in [6.07, 6.45) is 5.57. The summed E-state index contributed by atoms with van der Waals surface area (Å²) in [5, 5.41) is 0. The normalized spacial score (nSPS) is 10.0. The van der Waals surface area contributed by atoms with Crippen LogP contribution in [-0.2, 0) is 18.3 Å². The summed E-state index contributed by atoms with van der Waals surface area (Å²) in [6.45, 7) is 1.63. The van der Waals surface area contributed by atoms with Gasteiger partial charge in [-0.15, -0.1) is 0 Å². The maximum absolute atomic E-state index is 10.6. The molecule has 0 amide bonds. The minimum absolute atomic E-state index is 0.258. The van der Waals surface area contributed by atoms with E-state index >= 15 is 0 Å². The molecule has 0 aliphatic carbocycles. The zero-order chi connectivity index (χ0) is 8.27. The van der Waals surface area contributed by atoms with E-state index in [0.717, 1.165) is 6.42 Å². The van der Waals surface area contributed by atoms with E-state index in [2.05, 4.69) is 0 Å². The van der Waals surface area contributed by atoms with Crippen molar-refractivity contribution in [1.82, 2.24) is 4.57 Å². The molecule has 1 aromatic heterocycles. The van der Waals surface area contributed by atoms with E-state index in [1.165, 1.54) is 5.56 Å². The first-order valence-electron chi connectivity index (χ1n) is 3.79. The van der Waals surface area contributed by atoms with Gasteiger partial charge in [0.25, 0.3) is 0 Å². The van der Waals surface area contributed by atoms with E-state index in [0.29, 0.717) is 6.42 Å². The number of rotatable bonds is 3. The number of aromatic nitrogens is 1. The molecule has 0 fully saturated rings. The quantitative estimate of drug-likeness (QED) is 0.642. The van der Waals surface area contributed by atoms with Crippen LogP contribution in [0.2, 0.25) is 0 Å². The molecule has 1 heterocycles. The Hall–Kier alpha value is -1.05. The molecule has 0 aromatic carbocycles. The van der Waals surface area contributed by atoms with Crippen molar-refractivity contribution in [2.24, 2.45) is 7.05 Å². The molecule has 0 bridgehead atoms. The zero-order valence-corrected chi connectivity index (χ0v) is 7.00. The van der Waals surface area contributed by atoms with E-state index in [9.17, 15) is 4.79 Å². The van der Waals surface area contributed by atoms with E-state index in [1.54, 1.807) is 6.92 Å². The van der Waals surface area contributed by atoms with Crippen LogP contribution in [0.4, 0.5) is 0 Å². The molecule has 0 unspecified atom stereocenters. The maximum atomic E-state index is 10.6. The second-order valence-electron chi connectivity index (χ2n) is 2.89. The van der Waals surface area contributed by atoms with Gasteiger partial charge in [-0.3, -0.25) is 0 Å². The number of carbonyl (C=O) groups is 1. The Balaban J connectivity index is 2.45. The summed E-state index contributed by atoms with van der Waals surface area (Å²) in [5.41, 5.74) is 1.24. The first-order valence-corrected chi connectivity index (χ1v) is 3.79. The van der Waals surface area contributed by atoms with Crippen molar-refractivity contribution in [3.63, 3.8) is 0 Å². The van der Waals surface area contributed by atoms with Gasteiger partial charge in [0, 0.05) is 25.9 Å². The number of hydrogen-bond acceptors (Lipinski definition) is 1. The summed E-state index contributed by atoms with van der Waals surface area (Å²) in [5.74, 6) is 0.258. The number of hydrogen-bond donors (Lipinski definition) is 0. The molecule has 2 heteroatoms. The molecular formula is C9H13NO. The van der Waals surface area contributed by atoms with E-state index < -0.39 is 0 Å². The standard InChI is InChI=1S/C9H13NO/c1-8(11)3-4-9-5-6-10(2)7-9/h5-7H,3-4H2,1-2H3. The van der Waals surface area contributed by atoms with Crippen LogP contribution in [0, 0.1) is 0 Å². The topological polar surface area (TPSA) is 22.0 Å². The summed E-state index contributed by atoms with van der Waals surface area (Å²) in [6, 6.07) is 2.04. The molecule has 0 aliphatic rings. The third kappa shape index (κ3) is 2.58. The molecule has 0 radical (unpaired) electrons. The summed E-state index contributed by atoms with van der Waals surface area (Å²) in [7, 11) is 1.98. The Morgan fingerprint density at radius 3 is 2.82 bits per heavy atom. The fourth-order valence-corrected chi connectivity index (χ4v) is 1.03. The maximum Gasteiger partial charge on any atom is 0.130 e. The van der Waals surface area contributed by atoms with Gasteiger partial charge in [0.05, 0.1) is 0 Å². The highest BCUT2D eigenvalue weighted by Gasteiger charge is 1.96. The van der Waals surface area contributed by atoms with Crippen LogP contribution < -0.4 is 0 Å². The van der Waals surface area contributed by atoms with Crippen LogP contribution in [0.15, 0.2) is 18.5 Å². The van der Waals surface area contributed by atoms with Crippen molar-refractivity contribution in [3.8, 4) is 0 Å². The Bertz CT molecular complexity index is 250. The van der Waals surface area contributed by atoms with Crippen LogP contribution in [0.1, 0.15) is 18.9 Å². The van der Waals surface area contributed by atoms with Gasteiger partial charge in [-0.25, -0.2) is 0 Å². The van der Waals surface area contributed by atoms with Gasteiger partial charge in [-0.1, -0.05) is 0 Å². The summed E-state index contributed by atoms with van der Waals surface area (Å²) < 4.78 is 2.00. The minimum Gasteiger partial charge on any atom is -0.357 e. The number of nitrogens with zero attached hydrogens (tertiary/aromatic N) is 1. The van der Waals surface area contributed by atoms with Crippen molar-refractivity contribution in [2.75, 3.05) is 0 Å². The van der Waals surface area contributed by atoms with Crippen LogP contribution in [0.3, 0.4) is 0 Å². The van der Waals surface area contributed by atoms with Crippen LogP contribution in [-0.4, -0.2) is 10.4 Å². The third-order valence-corrected chi connectivity index (χ3v) is 1.66. The second kappa shape index (κ2) is 3.37. The largest absolute Gasteiger partial charge is 0.357 e. The average molecular weight is 151 g/mol. The lowest BCUT2D eigenvalue weighted by Crippen LogP contribution is -1.92. The lowest BCUT2D eigenvalue weighted by atomic mass is 10.1. The van der Waals surface area contributed by atoms with Gasteiger partial charge >= 0.3 is 0 Å². The van der Waals surface area contributed by atoms with Crippen molar-refractivity contribution >= 4 is 5.78 Å². The molecule has 0 spiro atoms. The predicted octanol–water partition coefficient (Wildman–Crippen LogP) is 1.55. The van der Waals surface area contributed by atoms with Crippen molar-refractivity contribution < 1.29 is 4.79 Å². The molecular weight excluding hydrogens is 138 g/mol. The van der Waals surface area contributed by atoms with E-state index in [4.69, 9.17) is 0 Å². The fraction of sp³-hybridized carbons (Fsp3) is 0.444.